The minimum atomic E-state index is -0.0303. The number of nitrogens with one attached hydrogen (secondary N) is 1. The zero-order chi connectivity index (χ0) is 18.4. The van der Waals surface area contributed by atoms with Crippen LogP contribution >= 0.6 is 23.2 Å². The largest absolute Gasteiger partial charge is 0.351 e. The van der Waals surface area contributed by atoms with Crippen LogP contribution in [-0.2, 0) is 16.0 Å². The van der Waals surface area contributed by atoms with E-state index in [4.69, 9.17) is 23.2 Å². The Morgan fingerprint density at radius 1 is 1.28 bits per heavy atom. The predicted octanol–water partition coefficient (Wildman–Crippen LogP) is 4.08. The van der Waals surface area contributed by atoms with Crippen molar-refractivity contribution >= 4 is 35.0 Å². The number of rotatable bonds is 6. The number of carbonyl (C=O) groups is 2. The summed E-state index contributed by atoms with van der Waals surface area (Å²) in [5, 5.41) is 4.13. The predicted molar refractivity (Wildman–Crippen MR) is 102 cm³/mol. The number of aryl methyl sites for hydroxylation is 1. The maximum absolute atomic E-state index is 12.4. The van der Waals surface area contributed by atoms with Gasteiger partial charge in [0.15, 0.2) is 0 Å². The lowest BCUT2D eigenvalue weighted by molar-refractivity contribution is -0.134. The topological polar surface area (TPSA) is 49.4 Å². The maximum atomic E-state index is 12.4. The molecule has 25 heavy (non-hydrogen) atoms. The Bertz CT molecular complexity index is 619. The van der Waals surface area contributed by atoms with Gasteiger partial charge >= 0.3 is 0 Å². The van der Waals surface area contributed by atoms with E-state index in [1.807, 2.05) is 30.9 Å². The van der Waals surface area contributed by atoms with Gasteiger partial charge in [-0.2, -0.15) is 0 Å². The van der Waals surface area contributed by atoms with Gasteiger partial charge in [0, 0.05) is 31.5 Å². The summed E-state index contributed by atoms with van der Waals surface area (Å²) in [4.78, 5) is 26.2. The van der Waals surface area contributed by atoms with E-state index in [0.29, 0.717) is 23.0 Å². The van der Waals surface area contributed by atoms with Crippen LogP contribution in [-0.4, -0.2) is 35.8 Å². The fourth-order valence-electron chi connectivity index (χ4n) is 2.99. The van der Waals surface area contributed by atoms with E-state index in [-0.39, 0.29) is 23.8 Å². The Balaban J connectivity index is 1.77. The molecule has 0 aliphatic carbocycles. The van der Waals surface area contributed by atoms with Crippen LogP contribution in [0.1, 0.15) is 45.1 Å². The molecular formula is C19H26Cl2N2O2. The molecule has 2 rings (SSSR count). The molecule has 1 aliphatic heterocycles. The van der Waals surface area contributed by atoms with Gasteiger partial charge in [0.25, 0.3) is 0 Å². The van der Waals surface area contributed by atoms with Gasteiger partial charge in [0.1, 0.15) is 0 Å². The smallest absolute Gasteiger partial charge is 0.222 e. The number of piperidine rings is 1. The Labute approximate surface area is 159 Å². The maximum Gasteiger partial charge on any atom is 0.222 e. The monoisotopic (exact) mass is 384 g/mol. The van der Waals surface area contributed by atoms with Gasteiger partial charge in [-0.15, -0.1) is 0 Å². The number of carbonyl (C=O) groups excluding carboxylic acids is 2. The first-order valence-electron chi connectivity index (χ1n) is 8.89. The first-order chi connectivity index (χ1) is 11.9. The Morgan fingerprint density at radius 3 is 2.72 bits per heavy atom. The lowest BCUT2D eigenvalue weighted by Gasteiger charge is -2.33. The summed E-state index contributed by atoms with van der Waals surface area (Å²) in [5.41, 5.74) is 1.09. The second-order valence-electron chi connectivity index (χ2n) is 6.94. The zero-order valence-electron chi connectivity index (χ0n) is 14.9. The van der Waals surface area contributed by atoms with E-state index < -0.39 is 0 Å². The molecule has 1 aromatic rings. The summed E-state index contributed by atoms with van der Waals surface area (Å²) < 4.78 is 0. The van der Waals surface area contributed by atoms with Crippen molar-refractivity contribution in [3.05, 3.63) is 33.8 Å². The molecule has 1 heterocycles. The van der Waals surface area contributed by atoms with Crippen molar-refractivity contribution in [3.8, 4) is 0 Å². The lowest BCUT2D eigenvalue weighted by atomic mass is 10.0. The molecule has 0 spiro atoms. The van der Waals surface area contributed by atoms with Gasteiger partial charge in [-0.25, -0.2) is 0 Å². The van der Waals surface area contributed by atoms with E-state index in [1.54, 1.807) is 6.07 Å². The van der Waals surface area contributed by atoms with Crippen LogP contribution in [0.15, 0.2) is 18.2 Å². The molecule has 0 aromatic heterocycles. The Morgan fingerprint density at radius 2 is 2.04 bits per heavy atom. The highest BCUT2D eigenvalue weighted by molar-refractivity contribution is 6.42. The molecule has 1 atom stereocenters. The van der Waals surface area contributed by atoms with Crippen LogP contribution in [0.25, 0.3) is 0 Å². The van der Waals surface area contributed by atoms with Crippen LogP contribution < -0.4 is 5.32 Å². The highest BCUT2D eigenvalue weighted by Crippen LogP contribution is 2.23. The Hall–Kier alpha value is -1.26. The van der Waals surface area contributed by atoms with Crippen LogP contribution in [0, 0.1) is 5.92 Å². The van der Waals surface area contributed by atoms with Crippen molar-refractivity contribution in [2.75, 3.05) is 13.1 Å². The first-order valence-corrected chi connectivity index (χ1v) is 9.64. The van der Waals surface area contributed by atoms with Crippen molar-refractivity contribution < 1.29 is 9.59 Å². The molecule has 1 aliphatic rings. The van der Waals surface area contributed by atoms with Crippen molar-refractivity contribution in [1.29, 1.82) is 0 Å². The van der Waals surface area contributed by atoms with E-state index in [2.05, 4.69) is 5.32 Å². The van der Waals surface area contributed by atoms with E-state index in [9.17, 15) is 9.59 Å². The summed E-state index contributed by atoms with van der Waals surface area (Å²) in [5.74, 6) is 0.180. The minimum absolute atomic E-state index is 0.0303. The van der Waals surface area contributed by atoms with Gasteiger partial charge in [0.05, 0.1) is 10.0 Å². The second-order valence-corrected chi connectivity index (χ2v) is 7.76. The van der Waals surface area contributed by atoms with E-state index >= 15 is 0 Å². The normalized spacial score (nSPS) is 17.6. The molecule has 1 aromatic carbocycles. The molecule has 0 saturated carbocycles. The molecular weight excluding hydrogens is 359 g/mol. The lowest BCUT2D eigenvalue weighted by Crippen LogP contribution is -2.50. The summed E-state index contributed by atoms with van der Waals surface area (Å²) in [6.45, 7) is 5.15. The van der Waals surface area contributed by atoms with Crippen molar-refractivity contribution in [2.45, 2.75) is 52.0 Å². The first kappa shape index (κ1) is 20.1. The third-order valence-corrected chi connectivity index (χ3v) is 5.22. The molecule has 6 heteroatoms. The van der Waals surface area contributed by atoms with Crippen molar-refractivity contribution in [3.63, 3.8) is 0 Å². The average molecular weight is 385 g/mol. The van der Waals surface area contributed by atoms with E-state index in [1.165, 1.54) is 0 Å². The molecule has 0 radical (unpaired) electrons. The van der Waals surface area contributed by atoms with Crippen LogP contribution in [0.2, 0.25) is 10.0 Å². The number of hydrogen-bond acceptors (Lipinski definition) is 2. The van der Waals surface area contributed by atoms with Gasteiger partial charge in [0.2, 0.25) is 11.8 Å². The van der Waals surface area contributed by atoms with Gasteiger partial charge < -0.3 is 10.2 Å². The third kappa shape index (κ3) is 6.19. The number of likely N-dealkylation sites (tertiary alicyclic amines) is 1. The Kier molecular flexibility index (Phi) is 7.57. The van der Waals surface area contributed by atoms with Gasteiger partial charge in [-0.1, -0.05) is 43.1 Å². The molecule has 2 amide bonds. The highest BCUT2D eigenvalue weighted by Gasteiger charge is 2.24. The number of nitrogens with zero attached hydrogens (tertiary/aromatic N) is 1. The fourth-order valence-corrected chi connectivity index (χ4v) is 3.31. The summed E-state index contributed by atoms with van der Waals surface area (Å²) >= 11 is 11.9. The third-order valence-electron chi connectivity index (χ3n) is 4.48. The SMILES string of the molecule is CC(C)C(=O)NC1CCCN(C(=O)CCCc2ccc(Cl)c(Cl)c2)C1. The van der Waals surface area contributed by atoms with Gasteiger partial charge in [-0.05, 0) is 43.4 Å². The fraction of sp³-hybridized carbons (Fsp3) is 0.579. The van der Waals surface area contributed by atoms with Crippen LogP contribution in [0.5, 0.6) is 0 Å². The minimum Gasteiger partial charge on any atom is -0.351 e. The summed E-state index contributed by atoms with van der Waals surface area (Å²) in [6.07, 6.45) is 3.94. The van der Waals surface area contributed by atoms with Crippen LogP contribution in [0.4, 0.5) is 0 Å². The quantitative estimate of drug-likeness (QED) is 0.802. The molecule has 1 fully saturated rings. The molecule has 1 unspecified atom stereocenters. The van der Waals surface area contributed by atoms with E-state index in [0.717, 1.165) is 37.8 Å². The summed E-state index contributed by atoms with van der Waals surface area (Å²) in [6, 6.07) is 5.65. The standard InChI is InChI=1S/C19H26Cl2N2O2/c1-13(2)19(25)22-15-6-4-10-23(12-15)18(24)7-3-5-14-8-9-16(20)17(21)11-14/h8-9,11,13,15H,3-7,10,12H2,1-2H3,(H,22,25). The highest BCUT2D eigenvalue weighted by atomic mass is 35.5. The van der Waals surface area contributed by atoms with Gasteiger partial charge in [-0.3, -0.25) is 9.59 Å². The number of amides is 2. The van der Waals surface area contributed by atoms with Crippen LogP contribution in [0.3, 0.4) is 0 Å². The zero-order valence-corrected chi connectivity index (χ0v) is 16.4. The molecule has 1 N–H and O–H groups in total. The number of hydrogen-bond donors (Lipinski definition) is 1. The van der Waals surface area contributed by atoms with Crippen molar-refractivity contribution in [1.82, 2.24) is 10.2 Å². The van der Waals surface area contributed by atoms with Crippen molar-refractivity contribution in [2.24, 2.45) is 5.92 Å². The molecule has 0 bridgehead atoms. The average Bonchev–Trinajstić information content (AvgIpc) is 2.58. The second kappa shape index (κ2) is 9.44. The number of halogens is 2. The number of benzene rings is 1. The molecule has 1 saturated heterocycles. The molecule has 138 valence electrons. The molecule has 4 nitrogen and oxygen atoms in total. The summed E-state index contributed by atoms with van der Waals surface area (Å²) in [7, 11) is 0.